The molecule has 1 aliphatic heterocycles. The van der Waals surface area contributed by atoms with Crippen LogP contribution in [0.2, 0.25) is 5.02 Å². The fraction of sp³-hybridized carbons (Fsp3) is 0.100. The Kier molecular flexibility index (Phi) is 5.47. The van der Waals surface area contributed by atoms with Gasteiger partial charge in [-0.2, -0.15) is 0 Å². The summed E-state index contributed by atoms with van der Waals surface area (Å²) in [6, 6.07) is 12.0. The minimum atomic E-state index is -0.516. The number of nitrogens with zero attached hydrogens (tertiary/aromatic N) is 1. The number of carbonyl (C=O) groups is 2. The topological polar surface area (TPSA) is 67.9 Å². The summed E-state index contributed by atoms with van der Waals surface area (Å²) in [5.74, 6) is -0.229. The molecule has 1 fully saturated rings. The Balaban J connectivity index is 2.03. The Hall–Kier alpha value is -3.25. The lowest BCUT2D eigenvalue weighted by molar-refractivity contribution is -0.117. The first-order valence-electron chi connectivity index (χ1n) is 8.08. The van der Waals surface area contributed by atoms with E-state index in [4.69, 9.17) is 21.1 Å². The number of carbonyl (C=O) groups excluding carboxylic acids is 2. The van der Waals surface area contributed by atoms with E-state index in [-0.39, 0.29) is 12.2 Å². The van der Waals surface area contributed by atoms with E-state index in [1.165, 1.54) is 18.2 Å². The van der Waals surface area contributed by atoms with Crippen LogP contribution in [-0.4, -0.2) is 25.5 Å². The average molecular weight is 385 g/mol. The Morgan fingerprint density at radius 3 is 2.63 bits per heavy atom. The summed E-state index contributed by atoms with van der Waals surface area (Å²) in [5.41, 5.74) is 3.53. The van der Waals surface area contributed by atoms with Crippen LogP contribution in [0, 0.1) is 0 Å². The van der Waals surface area contributed by atoms with Gasteiger partial charge in [-0.1, -0.05) is 42.5 Å². The highest BCUT2D eigenvalue weighted by molar-refractivity contribution is 6.32. The van der Waals surface area contributed by atoms with Gasteiger partial charge in [-0.15, -0.1) is 0 Å². The average Bonchev–Trinajstić information content (AvgIpc) is 2.95. The lowest BCUT2D eigenvalue weighted by Gasteiger charge is -2.14. The molecule has 1 aliphatic rings. The first kappa shape index (κ1) is 18.5. The number of amides is 2. The third kappa shape index (κ3) is 3.80. The van der Waals surface area contributed by atoms with Crippen LogP contribution in [0.5, 0.6) is 11.5 Å². The van der Waals surface area contributed by atoms with Crippen LogP contribution in [0.3, 0.4) is 0 Å². The zero-order valence-corrected chi connectivity index (χ0v) is 15.3. The predicted octanol–water partition coefficient (Wildman–Crippen LogP) is 3.37. The van der Waals surface area contributed by atoms with E-state index in [2.05, 4.69) is 12.0 Å². The highest BCUT2D eigenvalue weighted by Crippen LogP contribution is 2.36. The van der Waals surface area contributed by atoms with Crippen molar-refractivity contribution in [3.63, 3.8) is 0 Å². The molecule has 0 aromatic heterocycles. The summed E-state index contributed by atoms with van der Waals surface area (Å²) in [6.07, 6.45) is 3.02. The molecule has 0 saturated carbocycles. The number of ether oxygens (including phenoxy) is 2. The van der Waals surface area contributed by atoms with Crippen LogP contribution in [0.15, 0.2) is 60.7 Å². The van der Waals surface area contributed by atoms with Crippen molar-refractivity contribution >= 4 is 35.2 Å². The van der Waals surface area contributed by atoms with Crippen molar-refractivity contribution in [2.24, 2.45) is 0 Å². The molecule has 1 heterocycles. The molecular formula is C20H17ClN2O4. The monoisotopic (exact) mass is 384 g/mol. The molecule has 2 aromatic rings. The largest absolute Gasteiger partial charge is 0.493 e. The Morgan fingerprint density at radius 1 is 1.22 bits per heavy atom. The number of rotatable bonds is 6. The molecule has 0 aliphatic carbocycles. The molecule has 6 nitrogen and oxygen atoms in total. The number of methoxy groups -OCH3 is 1. The molecule has 2 amide bonds. The molecule has 1 saturated heterocycles. The maximum absolute atomic E-state index is 12.7. The SMILES string of the molecule is C=CCOc1c(/C=C2\C(=O)NN(c3ccccc3)C2=O)cc(Cl)cc1OC. The van der Waals surface area contributed by atoms with E-state index in [1.54, 1.807) is 42.5 Å². The van der Waals surface area contributed by atoms with Crippen molar-refractivity contribution in [2.45, 2.75) is 0 Å². The second-order valence-electron chi connectivity index (χ2n) is 5.60. The quantitative estimate of drug-likeness (QED) is 0.471. The highest BCUT2D eigenvalue weighted by atomic mass is 35.5. The van der Waals surface area contributed by atoms with Crippen LogP contribution in [0.1, 0.15) is 5.56 Å². The molecule has 1 N–H and O–H groups in total. The number of hydrogen-bond donors (Lipinski definition) is 1. The fourth-order valence-corrected chi connectivity index (χ4v) is 2.83. The van der Waals surface area contributed by atoms with Gasteiger partial charge in [0.1, 0.15) is 12.2 Å². The number of benzene rings is 2. The van der Waals surface area contributed by atoms with Gasteiger partial charge in [-0.05, 0) is 24.3 Å². The van der Waals surface area contributed by atoms with Gasteiger partial charge < -0.3 is 9.47 Å². The summed E-state index contributed by atoms with van der Waals surface area (Å²) >= 11 is 6.14. The van der Waals surface area contributed by atoms with E-state index < -0.39 is 11.8 Å². The minimum absolute atomic E-state index is 0.0355. The second-order valence-corrected chi connectivity index (χ2v) is 6.04. The fourth-order valence-electron chi connectivity index (χ4n) is 2.62. The number of hydrogen-bond acceptors (Lipinski definition) is 4. The van der Waals surface area contributed by atoms with Crippen molar-refractivity contribution in [1.29, 1.82) is 0 Å². The van der Waals surface area contributed by atoms with Crippen molar-refractivity contribution in [3.05, 3.63) is 71.3 Å². The molecule has 0 unspecified atom stereocenters. The summed E-state index contributed by atoms with van der Waals surface area (Å²) in [7, 11) is 1.48. The molecular weight excluding hydrogens is 368 g/mol. The Morgan fingerprint density at radius 2 is 1.96 bits per heavy atom. The van der Waals surface area contributed by atoms with Crippen molar-refractivity contribution in [3.8, 4) is 11.5 Å². The first-order valence-corrected chi connectivity index (χ1v) is 8.46. The third-order valence-electron chi connectivity index (χ3n) is 3.82. The first-order chi connectivity index (χ1) is 13.0. The van der Waals surface area contributed by atoms with Crippen LogP contribution >= 0.6 is 11.6 Å². The maximum Gasteiger partial charge on any atom is 0.282 e. The van der Waals surface area contributed by atoms with Crippen LogP contribution in [-0.2, 0) is 9.59 Å². The van der Waals surface area contributed by atoms with E-state index >= 15 is 0 Å². The molecule has 2 aromatic carbocycles. The molecule has 0 radical (unpaired) electrons. The number of halogens is 1. The van der Waals surface area contributed by atoms with Gasteiger partial charge in [0, 0.05) is 16.7 Å². The smallest absolute Gasteiger partial charge is 0.282 e. The van der Waals surface area contributed by atoms with E-state index in [9.17, 15) is 9.59 Å². The molecule has 27 heavy (non-hydrogen) atoms. The van der Waals surface area contributed by atoms with Gasteiger partial charge >= 0.3 is 0 Å². The predicted molar refractivity (Wildman–Crippen MR) is 104 cm³/mol. The number of hydrazine groups is 1. The minimum Gasteiger partial charge on any atom is -0.493 e. The number of nitrogens with one attached hydrogen (secondary N) is 1. The van der Waals surface area contributed by atoms with Gasteiger partial charge in [0.25, 0.3) is 11.8 Å². The Bertz CT molecular complexity index is 925. The van der Waals surface area contributed by atoms with Gasteiger partial charge in [0.05, 0.1) is 12.8 Å². The third-order valence-corrected chi connectivity index (χ3v) is 4.04. The Labute approximate surface area is 161 Å². The molecule has 7 heteroatoms. The molecule has 3 rings (SSSR count). The summed E-state index contributed by atoms with van der Waals surface area (Å²) in [5, 5.41) is 1.58. The zero-order valence-electron chi connectivity index (χ0n) is 14.6. The van der Waals surface area contributed by atoms with Crippen LogP contribution in [0.4, 0.5) is 5.69 Å². The zero-order chi connectivity index (χ0) is 19.4. The van der Waals surface area contributed by atoms with Gasteiger partial charge in [0.15, 0.2) is 11.5 Å². The van der Waals surface area contributed by atoms with Crippen molar-refractivity contribution in [2.75, 3.05) is 18.7 Å². The summed E-state index contributed by atoms with van der Waals surface area (Å²) in [6.45, 7) is 3.84. The maximum atomic E-state index is 12.7. The van der Waals surface area contributed by atoms with Crippen LogP contribution < -0.4 is 19.9 Å². The van der Waals surface area contributed by atoms with Crippen LogP contribution in [0.25, 0.3) is 6.08 Å². The normalized spacial score (nSPS) is 15.0. The lowest BCUT2D eigenvalue weighted by atomic mass is 10.1. The van der Waals surface area contributed by atoms with E-state index in [0.717, 1.165) is 0 Å². The molecule has 0 bridgehead atoms. The van der Waals surface area contributed by atoms with Crippen molar-refractivity contribution in [1.82, 2.24) is 5.43 Å². The van der Waals surface area contributed by atoms with Crippen molar-refractivity contribution < 1.29 is 19.1 Å². The number of para-hydroxylation sites is 1. The molecule has 0 spiro atoms. The standard InChI is InChI=1S/C20H17ClN2O4/c1-3-9-27-18-13(10-14(21)12-17(18)26-2)11-16-19(24)22-23(20(16)25)15-7-5-4-6-8-15/h3-8,10-12H,1,9H2,2H3,(H,22,24)/b16-11+. The van der Waals surface area contributed by atoms with Gasteiger partial charge in [0.2, 0.25) is 0 Å². The highest BCUT2D eigenvalue weighted by Gasteiger charge is 2.34. The van der Waals surface area contributed by atoms with Gasteiger partial charge in [-0.3, -0.25) is 15.0 Å². The summed E-state index contributed by atoms with van der Waals surface area (Å²) < 4.78 is 11.0. The molecule has 138 valence electrons. The van der Waals surface area contributed by atoms with E-state index in [0.29, 0.717) is 27.8 Å². The summed E-state index contributed by atoms with van der Waals surface area (Å²) in [4.78, 5) is 25.1. The van der Waals surface area contributed by atoms with E-state index in [1.807, 2.05) is 6.07 Å². The second kappa shape index (κ2) is 7.97. The lowest BCUT2D eigenvalue weighted by Crippen LogP contribution is -2.35. The molecule has 0 atom stereocenters. The van der Waals surface area contributed by atoms with Gasteiger partial charge in [-0.25, -0.2) is 5.01 Å². The number of anilines is 1.